The fourth-order valence-corrected chi connectivity index (χ4v) is 7.63. The molecule has 31 heavy (non-hydrogen) atoms. The van der Waals surface area contributed by atoms with Crippen LogP contribution in [-0.4, -0.2) is 76.4 Å². The Labute approximate surface area is 185 Å². The highest BCUT2D eigenvalue weighted by Gasteiger charge is 2.42. The molecule has 1 aromatic heterocycles. The van der Waals surface area contributed by atoms with Crippen molar-refractivity contribution in [1.82, 2.24) is 9.80 Å². The van der Waals surface area contributed by atoms with E-state index in [9.17, 15) is 31.2 Å². The summed E-state index contributed by atoms with van der Waals surface area (Å²) in [6.07, 6.45) is 0.0703. The largest absolute Gasteiger partial charge is 0.456 e. The summed E-state index contributed by atoms with van der Waals surface area (Å²) in [5.74, 6) is -1.67. The molecule has 2 N–H and O–H groups in total. The number of amides is 2. The quantitative estimate of drug-likeness (QED) is 0.512. The van der Waals surface area contributed by atoms with E-state index < -0.39 is 55.5 Å². The van der Waals surface area contributed by atoms with Crippen molar-refractivity contribution < 1.29 is 36.0 Å². The first-order valence-electron chi connectivity index (χ1n) is 9.27. The Morgan fingerprint density at radius 1 is 1.29 bits per heavy atom. The maximum atomic E-state index is 12.9. The van der Waals surface area contributed by atoms with E-state index in [2.05, 4.69) is 4.74 Å². The van der Waals surface area contributed by atoms with Gasteiger partial charge in [-0.15, -0.1) is 11.3 Å². The second-order valence-corrected chi connectivity index (χ2v) is 12.6. The van der Waals surface area contributed by atoms with E-state index in [0.717, 1.165) is 11.8 Å². The van der Waals surface area contributed by atoms with Crippen LogP contribution in [0.2, 0.25) is 0 Å². The number of nitrogens with two attached hydrogens (primary N) is 1. The maximum Gasteiger partial charge on any atom is 0.303 e. The number of carbonyl (C=O) groups excluding carboxylic acids is 3. The predicted molar refractivity (Wildman–Crippen MR) is 111 cm³/mol. The van der Waals surface area contributed by atoms with Crippen LogP contribution in [0, 0.1) is 0 Å². The minimum atomic E-state index is -4.13. The lowest BCUT2D eigenvalue weighted by molar-refractivity contribution is -0.151. The van der Waals surface area contributed by atoms with Crippen LogP contribution in [0.3, 0.4) is 0 Å². The second-order valence-electron chi connectivity index (χ2n) is 7.17. The van der Waals surface area contributed by atoms with E-state index in [0.29, 0.717) is 11.3 Å². The lowest BCUT2D eigenvalue weighted by Gasteiger charge is -2.36. The predicted octanol–water partition coefficient (Wildman–Crippen LogP) is -0.127. The molecule has 0 radical (unpaired) electrons. The third-order valence-corrected chi connectivity index (χ3v) is 10.2. The number of hydrogen-bond donors (Lipinski definition) is 1. The third kappa shape index (κ3) is 5.42. The van der Waals surface area contributed by atoms with Gasteiger partial charge in [0.25, 0.3) is 5.91 Å². The van der Waals surface area contributed by atoms with Crippen LogP contribution in [0.15, 0.2) is 14.5 Å². The normalized spacial score (nSPS) is 19.9. The second kappa shape index (κ2) is 9.22. The van der Waals surface area contributed by atoms with Crippen molar-refractivity contribution in [2.24, 2.45) is 5.14 Å². The smallest absolute Gasteiger partial charge is 0.303 e. The molecule has 0 aromatic carbocycles. The van der Waals surface area contributed by atoms with Gasteiger partial charge in [0.1, 0.15) is 8.42 Å². The Morgan fingerprint density at radius 2 is 1.90 bits per heavy atom. The zero-order chi connectivity index (χ0) is 23.7. The summed E-state index contributed by atoms with van der Waals surface area (Å²) in [6, 6.07) is 0.504. The Bertz CT molecular complexity index is 1090. The van der Waals surface area contributed by atoms with Gasteiger partial charge in [-0.25, -0.2) is 22.0 Å². The number of ether oxygens (including phenoxy) is 1. The van der Waals surface area contributed by atoms with Crippen LogP contribution in [0.4, 0.5) is 0 Å². The van der Waals surface area contributed by atoms with Crippen molar-refractivity contribution in [3.05, 3.63) is 11.6 Å². The monoisotopic (exact) mass is 495 g/mol. The molecule has 0 saturated carbocycles. The molecule has 0 unspecified atom stereocenters. The van der Waals surface area contributed by atoms with Gasteiger partial charge in [-0.1, -0.05) is 0 Å². The number of nitrogens with zero attached hydrogens (tertiary/aromatic N) is 2. The van der Waals surface area contributed by atoms with Crippen LogP contribution < -0.4 is 5.14 Å². The van der Waals surface area contributed by atoms with Crippen molar-refractivity contribution in [2.75, 3.05) is 26.7 Å². The van der Waals surface area contributed by atoms with E-state index >= 15 is 0 Å². The summed E-state index contributed by atoms with van der Waals surface area (Å²) in [5.41, 5.74) is 0.205. The SMILES string of the molecule is CCN(C(=O)CN(C)C(=O)COC(C)=O)[C@H]1C[C@H](C)S(=O)(=O)c2sc(S(N)(=O)=O)cc21. The number of likely N-dealkylation sites (N-methyl/N-ethyl adjacent to an activating group) is 2. The van der Waals surface area contributed by atoms with E-state index in [1.807, 2.05) is 0 Å². The van der Waals surface area contributed by atoms with Gasteiger partial charge in [0.15, 0.2) is 16.4 Å². The molecule has 2 heterocycles. The molecule has 2 amide bonds. The topological polar surface area (TPSA) is 161 Å². The number of rotatable bonds is 7. The minimum absolute atomic E-state index is 0.0703. The average Bonchev–Trinajstić information content (AvgIpc) is 3.11. The summed E-state index contributed by atoms with van der Waals surface area (Å²) in [6.45, 7) is 3.71. The molecular formula is C17H25N3O8S3. The Balaban J connectivity index is 2.35. The summed E-state index contributed by atoms with van der Waals surface area (Å²) in [5, 5.41) is 4.34. The first-order valence-corrected chi connectivity index (χ1v) is 13.2. The fourth-order valence-electron chi connectivity index (χ4n) is 3.23. The molecule has 0 bridgehead atoms. The Hall–Kier alpha value is -2.03. The van der Waals surface area contributed by atoms with Crippen molar-refractivity contribution in [2.45, 2.75) is 46.9 Å². The summed E-state index contributed by atoms with van der Waals surface area (Å²) in [7, 11) is -6.52. The molecule has 0 spiro atoms. The zero-order valence-electron chi connectivity index (χ0n) is 17.5. The first kappa shape index (κ1) is 25.2. The molecule has 11 nitrogen and oxygen atoms in total. The Kier molecular flexibility index (Phi) is 7.51. The van der Waals surface area contributed by atoms with Crippen molar-refractivity contribution >= 4 is 49.0 Å². The van der Waals surface area contributed by atoms with Crippen LogP contribution >= 0.6 is 11.3 Å². The third-order valence-electron chi connectivity index (χ3n) is 4.92. The maximum absolute atomic E-state index is 12.9. The van der Waals surface area contributed by atoms with Crippen molar-refractivity contribution in [3.8, 4) is 0 Å². The van der Waals surface area contributed by atoms with E-state index in [-0.39, 0.29) is 33.5 Å². The van der Waals surface area contributed by atoms with Gasteiger partial charge in [-0.3, -0.25) is 14.4 Å². The molecule has 1 aliphatic heterocycles. The van der Waals surface area contributed by atoms with Crippen molar-refractivity contribution in [1.29, 1.82) is 0 Å². The molecule has 0 fully saturated rings. The minimum Gasteiger partial charge on any atom is -0.456 e. The molecule has 0 saturated heterocycles. The van der Waals surface area contributed by atoms with Crippen LogP contribution in [-0.2, 0) is 39.0 Å². The van der Waals surface area contributed by atoms with Gasteiger partial charge in [0, 0.05) is 26.1 Å². The average molecular weight is 496 g/mol. The molecule has 2 rings (SSSR count). The van der Waals surface area contributed by atoms with Gasteiger partial charge in [-0.2, -0.15) is 0 Å². The number of hydrogen-bond acceptors (Lipinski definition) is 9. The molecule has 174 valence electrons. The number of carbonyl (C=O) groups is 3. The van der Waals surface area contributed by atoms with Gasteiger partial charge in [0.2, 0.25) is 15.9 Å². The number of sulfone groups is 1. The van der Waals surface area contributed by atoms with Gasteiger partial charge >= 0.3 is 5.97 Å². The molecule has 0 aliphatic carbocycles. The standard InChI is InChI=1S/C17H25N3O8S3/c1-5-20(14(22)8-19(4)15(23)9-28-11(3)21)13-6-10(2)30(24,25)17-12(13)7-16(29-17)31(18,26)27/h7,10,13H,5-6,8-9H2,1-4H3,(H2,18,26,27)/t10-,13-/m0/s1. The first-order chi connectivity index (χ1) is 14.2. The summed E-state index contributed by atoms with van der Waals surface area (Å²) >= 11 is 0.573. The van der Waals surface area contributed by atoms with Gasteiger partial charge in [-0.05, 0) is 26.3 Å². The number of esters is 1. The molecule has 2 atom stereocenters. The Morgan fingerprint density at radius 3 is 2.42 bits per heavy atom. The molecule has 1 aliphatic rings. The molecule has 1 aromatic rings. The number of primary sulfonamides is 1. The highest BCUT2D eigenvalue weighted by atomic mass is 32.3. The molecular weight excluding hydrogens is 470 g/mol. The van der Waals surface area contributed by atoms with Gasteiger partial charge < -0.3 is 14.5 Å². The van der Waals surface area contributed by atoms with E-state index in [1.165, 1.54) is 24.9 Å². The number of thiophene rings is 1. The van der Waals surface area contributed by atoms with Crippen LogP contribution in [0.25, 0.3) is 0 Å². The van der Waals surface area contributed by atoms with E-state index in [4.69, 9.17) is 5.14 Å². The van der Waals surface area contributed by atoms with Gasteiger partial charge in [0.05, 0.1) is 17.8 Å². The lowest BCUT2D eigenvalue weighted by atomic mass is 10.0. The van der Waals surface area contributed by atoms with Crippen LogP contribution in [0.1, 0.15) is 38.8 Å². The highest BCUT2D eigenvalue weighted by Crippen LogP contribution is 2.44. The number of sulfonamides is 1. The highest BCUT2D eigenvalue weighted by molar-refractivity contribution is 7.95. The summed E-state index contributed by atoms with van der Waals surface area (Å²) < 4.78 is 53.3. The van der Waals surface area contributed by atoms with Crippen molar-refractivity contribution in [3.63, 3.8) is 0 Å². The lowest BCUT2D eigenvalue weighted by Crippen LogP contribution is -2.45. The summed E-state index contributed by atoms with van der Waals surface area (Å²) in [4.78, 5) is 38.3. The van der Waals surface area contributed by atoms with Crippen LogP contribution in [0.5, 0.6) is 0 Å². The molecule has 14 heteroatoms. The number of fused-ring (bicyclic) bond motifs is 1. The van der Waals surface area contributed by atoms with E-state index in [1.54, 1.807) is 6.92 Å². The zero-order valence-corrected chi connectivity index (χ0v) is 20.0. The fraction of sp³-hybridized carbons (Fsp3) is 0.588.